The van der Waals surface area contributed by atoms with Gasteiger partial charge >= 0.3 is 0 Å². The van der Waals surface area contributed by atoms with Gasteiger partial charge in [-0.1, -0.05) is 6.07 Å². The van der Waals surface area contributed by atoms with Crippen molar-refractivity contribution in [3.63, 3.8) is 0 Å². The molecule has 2 atom stereocenters. The molecule has 3 aromatic heterocycles. The second-order valence-electron chi connectivity index (χ2n) is 9.33. The van der Waals surface area contributed by atoms with Gasteiger partial charge in [0.2, 0.25) is 0 Å². The summed E-state index contributed by atoms with van der Waals surface area (Å²) in [4.78, 5) is 27.3. The average molecular weight is 445 g/mol. The summed E-state index contributed by atoms with van der Waals surface area (Å²) in [6, 6.07) is 7.81. The topological polar surface area (TPSA) is 106 Å². The first-order valence-electron chi connectivity index (χ1n) is 11.8. The molecule has 0 aliphatic carbocycles. The van der Waals surface area contributed by atoms with E-state index in [2.05, 4.69) is 26.6 Å². The highest BCUT2D eigenvalue weighted by Crippen LogP contribution is 2.35. The summed E-state index contributed by atoms with van der Waals surface area (Å²) in [6.07, 6.45) is 4.28. The van der Waals surface area contributed by atoms with E-state index in [1.165, 1.54) is 0 Å². The zero-order valence-electron chi connectivity index (χ0n) is 19.0. The molecule has 33 heavy (non-hydrogen) atoms. The number of carbonyl (C=O) groups excluding carboxylic acids is 1. The van der Waals surface area contributed by atoms with Crippen molar-refractivity contribution in [2.75, 3.05) is 16.3 Å². The molecule has 0 spiro atoms. The van der Waals surface area contributed by atoms with Crippen molar-refractivity contribution in [1.82, 2.24) is 24.7 Å². The number of fused-ring (bicyclic) bond motifs is 2. The number of pyridine rings is 2. The van der Waals surface area contributed by atoms with E-state index < -0.39 is 0 Å². The van der Waals surface area contributed by atoms with Crippen LogP contribution in [0.25, 0.3) is 11.5 Å². The molecule has 2 N–H and O–H groups in total. The number of nitrogens with two attached hydrogens (primary N) is 1. The Hall–Kier alpha value is -3.33. The van der Waals surface area contributed by atoms with Crippen LogP contribution in [0, 0.1) is 0 Å². The Kier molecular flexibility index (Phi) is 4.69. The van der Waals surface area contributed by atoms with E-state index in [-0.39, 0.29) is 11.9 Å². The summed E-state index contributed by atoms with van der Waals surface area (Å²) in [5.41, 5.74) is 9.43. The van der Waals surface area contributed by atoms with Crippen LogP contribution in [-0.2, 0) is 19.5 Å². The summed E-state index contributed by atoms with van der Waals surface area (Å²) in [5.74, 6) is 3.16. The zero-order valence-corrected chi connectivity index (χ0v) is 19.0. The number of anilines is 2. The van der Waals surface area contributed by atoms with Gasteiger partial charge in [-0.15, -0.1) is 10.2 Å². The monoisotopic (exact) mass is 444 g/mol. The third-order valence-corrected chi connectivity index (χ3v) is 7.06. The van der Waals surface area contributed by atoms with E-state index in [0.29, 0.717) is 24.0 Å². The fraction of sp³-hybridized carbons (Fsp3) is 0.458. The van der Waals surface area contributed by atoms with Crippen molar-refractivity contribution in [3.8, 4) is 11.5 Å². The Balaban J connectivity index is 1.38. The lowest BCUT2D eigenvalue weighted by atomic mass is 10.0. The maximum Gasteiger partial charge on any atom is 0.260 e. The maximum absolute atomic E-state index is 13.6. The summed E-state index contributed by atoms with van der Waals surface area (Å²) in [7, 11) is 0. The fourth-order valence-corrected chi connectivity index (χ4v) is 5.33. The number of aryl methyl sites for hydroxylation is 1. The van der Waals surface area contributed by atoms with E-state index in [1.807, 2.05) is 31.2 Å². The molecule has 9 heteroatoms. The molecule has 0 aromatic carbocycles. The van der Waals surface area contributed by atoms with Crippen LogP contribution >= 0.6 is 0 Å². The lowest BCUT2D eigenvalue weighted by molar-refractivity contribution is 0.0996. The SMILES string of the molecule is CC(N)c1nc(N2CCCC2C)cc2c1CN(c1cccc(-c3nnc4n3CCC4)n1)C2=O. The number of amides is 1. The molecule has 6 rings (SSSR count). The molecule has 1 fully saturated rings. The standard InChI is InChI=1S/C24H28N8O/c1-14-6-4-10-30(14)21-12-16-17(22(27-21)15(2)25)13-32(24(16)33)19-8-3-7-18(26-19)23-29-28-20-9-5-11-31(20)23/h3,7-8,12,14-15H,4-6,9-11,13,25H2,1-2H3. The van der Waals surface area contributed by atoms with Crippen LogP contribution < -0.4 is 15.5 Å². The first-order chi connectivity index (χ1) is 16.0. The van der Waals surface area contributed by atoms with Crippen molar-refractivity contribution in [3.05, 3.63) is 46.9 Å². The van der Waals surface area contributed by atoms with Gasteiger partial charge in [-0.25, -0.2) is 9.97 Å². The Morgan fingerprint density at radius 2 is 2.00 bits per heavy atom. The van der Waals surface area contributed by atoms with Crippen molar-refractivity contribution in [2.45, 2.75) is 64.7 Å². The molecule has 9 nitrogen and oxygen atoms in total. The Morgan fingerprint density at radius 1 is 1.12 bits per heavy atom. The zero-order chi connectivity index (χ0) is 22.7. The molecule has 6 heterocycles. The minimum atomic E-state index is -0.262. The second-order valence-corrected chi connectivity index (χ2v) is 9.33. The Labute approximate surface area is 192 Å². The number of aromatic nitrogens is 5. The van der Waals surface area contributed by atoms with Gasteiger partial charge in [0.05, 0.1) is 17.8 Å². The first kappa shape index (κ1) is 20.3. The van der Waals surface area contributed by atoms with Crippen molar-refractivity contribution in [1.29, 1.82) is 0 Å². The molecule has 1 amide bonds. The van der Waals surface area contributed by atoms with E-state index in [9.17, 15) is 4.79 Å². The lowest BCUT2D eigenvalue weighted by Gasteiger charge is -2.24. The lowest BCUT2D eigenvalue weighted by Crippen LogP contribution is -2.28. The summed E-state index contributed by atoms with van der Waals surface area (Å²) in [6.45, 7) is 6.41. The average Bonchev–Trinajstić information content (AvgIpc) is 3.58. The predicted octanol–water partition coefficient (Wildman–Crippen LogP) is 2.85. The van der Waals surface area contributed by atoms with Crippen molar-refractivity contribution >= 4 is 17.5 Å². The minimum absolute atomic E-state index is 0.0569. The van der Waals surface area contributed by atoms with Gasteiger partial charge in [0.15, 0.2) is 5.82 Å². The van der Waals surface area contributed by atoms with Crippen LogP contribution in [0.5, 0.6) is 0 Å². The van der Waals surface area contributed by atoms with Gasteiger partial charge in [0, 0.05) is 37.2 Å². The first-order valence-corrected chi connectivity index (χ1v) is 11.8. The molecule has 0 bridgehead atoms. The van der Waals surface area contributed by atoms with Crippen molar-refractivity contribution < 1.29 is 4.79 Å². The normalized spacial score (nSPS) is 20.5. The predicted molar refractivity (Wildman–Crippen MR) is 125 cm³/mol. The van der Waals surface area contributed by atoms with Gasteiger partial charge < -0.3 is 15.2 Å². The van der Waals surface area contributed by atoms with Gasteiger partial charge in [0.25, 0.3) is 5.91 Å². The van der Waals surface area contributed by atoms with Crippen LogP contribution in [0.4, 0.5) is 11.6 Å². The van der Waals surface area contributed by atoms with Crippen LogP contribution in [0.3, 0.4) is 0 Å². The maximum atomic E-state index is 13.6. The Morgan fingerprint density at radius 3 is 2.79 bits per heavy atom. The largest absolute Gasteiger partial charge is 0.354 e. The summed E-state index contributed by atoms with van der Waals surface area (Å²) < 4.78 is 2.12. The summed E-state index contributed by atoms with van der Waals surface area (Å²) in [5, 5.41) is 8.65. The molecule has 170 valence electrons. The minimum Gasteiger partial charge on any atom is -0.354 e. The van der Waals surface area contributed by atoms with Gasteiger partial charge in [-0.3, -0.25) is 9.69 Å². The van der Waals surface area contributed by atoms with Crippen molar-refractivity contribution in [2.24, 2.45) is 5.73 Å². The quantitative estimate of drug-likeness (QED) is 0.659. The smallest absolute Gasteiger partial charge is 0.260 e. The molecule has 1 saturated heterocycles. The van der Waals surface area contributed by atoms with Crippen LogP contribution in [-0.4, -0.2) is 43.2 Å². The van der Waals surface area contributed by atoms with E-state index >= 15 is 0 Å². The third-order valence-electron chi connectivity index (χ3n) is 7.06. The third kappa shape index (κ3) is 3.21. The van der Waals surface area contributed by atoms with Gasteiger partial charge in [-0.05, 0) is 51.3 Å². The van der Waals surface area contributed by atoms with E-state index in [4.69, 9.17) is 15.7 Å². The summed E-state index contributed by atoms with van der Waals surface area (Å²) >= 11 is 0. The fourth-order valence-electron chi connectivity index (χ4n) is 5.33. The molecular weight excluding hydrogens is 416 g/mol. The van der Waals surface area contributed by atoms with Crippen LogP contribution in [0.2, 0.25) is 0 Å². The van der Waals surface area contributed by atoms with E-state index in [1.54, 1.807) is 4.90 Å². The molecule has 2 unspecified atom stereocenters. The molecule has 0 saturated carbocycles. The van der Waals surface area contributed by atoms with Gasteiger partial charge in [-0.2, -0.15) is 0 Å². The Bertz CT molecular complexity index is 1250. The molecule has 3 aliphatic rings. The molecule has 0 radical (unpaired) electrons. The number of carbonyl (C=O) groups is 1. The highest BCUT2D eigenvalue weighted by molar-refractivity contribution is 6.10. The number of hydrogen-bond acceptors (Lipinski definition) is 7. The number of nitrogens with zero attached hydrogens (tertiary/aromatic N) is 7. The molecular formula is C24H28N8O. The number of rotatable bonds is 4. The van der Waals surface area contributed by atoms with E-state index in [0.717, 1.165) is 73.2 Å². The number of hydrogen-bond donors (Lipinski definition) is 1. The highest BCUT2D eigenvalue weighted by atomic mass is 16.2. The van der Waals surface area contributed by atoms with Crippen LogP contribution in [0.1, 0.15) is 66.6 Å². The van der Waals surface area contributed by atoms with Crippen LogP contribution in [0.15, 0.2) is 24.3 Å². The van der Waals surface area contributed by atoms with Gasteiger partial charge in [0.1, 0.15) is 23.2 Å². The second kappa shape index (κ2) is 7.62. The molecule has 3 aromatic rings. The highest BCUT2D eigenvalue weighted by Gasteiger charge is 2.35. The molecule has 3 aliphatic heterocycles.